The summed E-state index contributed by atoms with van der Waals surface area (Å²) in [6.45, 7) is 1.17. The van der Waals surface area contributed by atoms with E-state index in [1.165, 1.54) is 13.0 Å². The summed E-state index contributed by atoms with van der Waals surface area (Å²) < 4.78 is 17.1. The number of halogens is 1. The molecule has 0 fully saturated rings. The summed E-state index contributed by atoms with van der Waals surface area (Å²) >= 11 is 0. The summed E-state index contributed by atoms with van der Waals surface area (Å²) in [5.41, 5.74) is 0. The van der Waals surface area contributed by atoms with E-state index in [1.807, 2.05) is 0 Å². The Labute approximate surface area is 107 Å². The number of hydrogen-bond acceptors (Lipinski definition) is 3. The predicted octanol–water partition coefficient (Wildman–Crippen LogP) is -1.65. The van der Waals surface area contributed by atoms with E-state index in [9.17, 15) is 0 Å². The van der Waals surface area contributed by atoms with Crippen molar-refractivity contribution in [1.29, 1.82) is 0 Å². The molecule has 0 radical (unpaired) electrons. The number of quaternary nitrogens is 1. The van der Waals surface area contributed by atoms with Crippen molar-refractivity contribution < 1.29 is 30.2 Å². The van der Waals surface area contributed by atoms with Gasteiger partial charge in [0.25, 0.3) is 0 Å². The third kappa shape index (κ3) is 7.59. The zero-order valence-electron chi connectivity index (χ0n) is 11.4. The second-order valence-electron chi connectivity index (χ2n) is 4.77. The van der Waals surface area contributed by atoms with Gasteiger partial charge in [0.05, 0.1) is 27.7 Å². The van der Waals surface area contributed by atoms with E-state index in [0.29, 0.717) is 0 Å². The predicted molar refractivity (Wildman–Crippen MR) is 63.7 cm³/mol. The number of hydrogen-bond donors (Lipinski definition) is 0. The van der Waals surface area contributed by atoms with E-state index in [1.54, 1.807) is 21.3 Å². The highest BCUT2D eigenvalue weighted by molar-refractivity contribution is 6.60. The van der Waals surface area contributed by atoms with Crippen LogP contribution in [0.2, 0.25) is 6.04 Å². The van der Waals surface area contributed by atoms with Gasteiger partial charge in [0.15, 0.2) is 0 Å². The van der Waals surface area contributed by atoms with Gasteiger partial charge in [0, 0.05) is 27.4 Å². The fourth-order valence-corrected chi connectivity index (χ4v) is 3.28. The van der Waals surface area contributed by atoms with Gasteiger partial charge in [-0.2, -0.15) is 0 Å². The van der Waals surface area contributed by atoms with Crippen molar-refractivity contribution >= 4 is 8.80 Å². The van der Waals surface area contributed by atoms with Gasteiger partial charge in [-0.05, 0) is 12.8 Å². The molecule has 0 aromatic carbocycles. The van der Waals surface area contributed by atoms with Crippen molar-refractivity contribution in [2.45, 2.75) is 18.9 Å². The van der Waals surface area contributed by atoms with Crippen LogP contribution in [0.3, 0.4) is 0 Å². The Morgan fingerprint density at radius 1 is 0.875 bits per heavy atom. The molecular formula is C10H26ClNO3Si. The van der Waals surface area contributed by atoms with Crippen LogP contribution in [-0.2, 0) is 13.3 Å². The highest BCUT2D eigenvalue weighted by Crippen LogP contribution is 2.16. The summed E-state index contributed by atoms with van der Waals surface area (Å²) in [5, 5.41) is 0. The SMILES string of the molecule is CO[Si](CCCC[N+](C)(C)C)(OC)OC.[Cl-]. The smallest absolute Gasteiger partial charge is 0.500 e. The third-order valence-corrected chi connectivity index (χ3v) is 5.33. The van der Waals surface area contributed by atoms with Crippen molar-refractivity contribution in [2.24, 2.45) is 0 Å². The molecule has 0 rings (SSSR count). The van der Waals surface area contributed by atoms with Gasteiger partial charge in [-0.25, -0.2) is 0 Å². The third-order valence-electron chi connectivity index (χ3n) is 2.49. The van der Waals surface area contributed by atoms with Crippen molar-refractivity contribution in [3.63, 3.8) is 0 Å². The molecule has 0 aliphatic carbocycles. The molecule has 0 unspecified atom stereocenters. The zero-order chi connectivity index (χ0) is 11.9. The van der Waals surface area contributed by atoms with Crippen LogP contribution < -0.4 is 12.4 Å². The summed E-state index contributed by atoms with van der Waals surface area (Å²) in [6.07, 6.45) is 2.27. The van der Waals surface area contributed by atoms with E-state index in [0.717, 1.165) is 16.9 Å². The van der Waals surface area contributed by atoms with E-state index < -0.39 is 8.80 Å². The molecule has 0 spiro atoms. The summed E-state index contributed by atoms with van der Waals surface area (Å²) in [5.74, 6) is 0. The maximum atomic E-state index is 5.36. The van der Waals surface area contributed by atoms with Crippen LogP contribution in [0.5, 0.6) is 0 Å². The van der Waals surface area contributed by atoms with Gasteiger partial charge in [-0.1, -0.05) is 0 Å². The van der Waals surface area contributed by atoms with Crippen molar-refractivity contribution in [3.05, 3.63) is 0 Å². The molecule has 0 heterocycles. The first kappa shape index (κ1) is 18.7. The molecule has 100 valence electrons. The van der Waals surface area contributed by atoms with Gasteiger partial charge in [-0.3, -0.25) is 0 Å². The summed E-state index contributed by atoms with van der Waals surface area (Å²) in [7, 11) is 9.28. The Balaban J connectivity index is 0. The standard InChI is InChI=1S/C10H26NO3Si.ClH/c1-11(2,3)9-7-8-10-15(12-4,13-5)14-6;/h7-10H2,1-6H3;1H/q+1;/p-1. The molecular weight excluding hydrogens is 246 g/mol. The molecule has 0 aromatic heterocycles. The van der Waals surface area contributed by atoms with Crippen molar-refractivity contribution in [3.8, 4) is 0 Å². The van der Waals surface area contributed by atoms with Crippen LogP contribution in [0, 0.1) is 0 Å². The minimum Gasteiger partial charge on any atom is -1.00 e. The lowest BCUT2D eigenvalue weighted by atomic mass is 10.3. The lowest BCUT2D eigenvalue weighted by Gasteiger charge is -2.26. The minimum absolute atomic E-state index is 0. The van der Waals surface area contributed by atoms with Gasteiger partial charge in [0.1, 0.15) is 0 Å². The number of rotatable bonds is 8. The molecule has 0 atom stereocenters. The van der Waals surface area contributed by atoms with Crippen LogP contribution in [0.4, 0.5) is 0 Å². The van der Waals surface area contributed by atoms with Crippen molar-refractivity contribution in [2.75, 3.05) is 49.0 Å². The molecule has 6 heteroatoms. The van der Waals surface area contributed by atoms with Crippen LogP contribution >= 0.6 is 0 Å². The van der Waals surface area contributed by atoms with Crippen LogP contribution in [-0.4, -0.2) is 62.3 Å². The maximum Gasteiger partial charge on any atom is 0.500 e. The minimum atomic E-state index is -2.32. The molecule has 0 aliphatic heterocycles. The van der Waals surface area contributed by atoms with Gasteiger partial charge < -0.3 is 30.2 Å². The molecule has 0 aromatic rings. The average molecular weight is 272 g/mol. The highest BCUT2D eigenvalue weighted by atomic mass is 35.5. The monoisotopic (exact) mass is 271 g/mol. The van der Waals surface area contributed by atoms with E-state index in [4.69, 9.17) is 13.3 Å². The van der Waals surface area contributed by atoms with Crippen molar-refractivity contribution in [1.82, 2.24) is 0 Å². The maximum absolute atomic E-state index is 5.36. The van der Waals surface area contributed by atoms with Gasteiger partial charge in [0.2, 0.25) is 0 Å². The van der Waals surface area contributed by atoms with E-state index >= 15 is 0 Å². The Bertz CT molecular complexity index is 164. The van der Waals surface area contributed by atoms with E-state index in [-0.39, 0.29) is 12.4 Å². The van der Waals surface area contributed by atoms with Crippen LogP contribution in [0.25, 0.3) is 0 Å². The molecule has 0 bridgehead atoms. The Kier molecular flexibility index (Phi) is 9.87. The Morgan fingerprint density at radius 3 is 1.62 bits per heavy atom. The molecule has 0 aliphatic rings. The molecule has 0 amide bonds. The second kappa shape index (κ2) is 8.44. The number of nitrogens with zero attached hydrogens (tertiary/aromatic N) is 1. The lowest BCUT2D eigenvalue weighted by molar-refractivity contribution is -0.870. The molecule has 0 saturated heterocycles. The van der Waals surface area contributed by atoms with Crippen LogP contribution in [0.15, 0.2) is 0 Å². The lowest BCUT2D eigenvalue weighted by Crippen LogP contribution is -3.00. The quantitative estimate of drug-likeness (QED) is 0.301. The highest BCUT2D eigenvalue weighted by Gasteiger charge is 2.36. The Hall–Kier alpha value is 0.347. The fourth-order valence-electron chi connectivity index (χ4n) is 1.48. The summed E-state index contributed by atoms with van der Waals surface area (Å²) in [4.78, 5) is 0. The molecule has 16 heavy (non-hydrogen) atoms. The van der Waals surface area contributed by atoms with Crippen LogP contribution in [0.1, 0.15) is 12.8 Å². The topological polar surface area (TPSA) is 27.7 Å². The summed E-state index contributed by atoms with van der Waals surface area (Å²) in [6, 6.07) is 0.899. The number of unbranched alkanes of at least 4 members (excludes halogenated alkanes) is 1. The average Bonchev–Trinajstić information content (AvgIpc) is 2.18. The second-order valence-corrected chi connectivity index (χ2v) is 7.86. The zero-order valence-corrected chi connectivity index (χ0v) is 13.1. The Morgan fingerprint density at radius 2 is 1.31 bits per heavy atom. The first-order chi connectivity index (χ1) is 6.89. The normalized spacial score (nSPS) is 12.4. The van der Waals surface area contributed by atoms with Gasteiger partial charge in [-0.15, -0.1) is 0 Å². The molecule has 0 N–H and O–H groups in total. The first-order valence-electron chi connectivity index (χ1n) is 5.35. The largest absolute Gasteiger partial charge is 1.00 e. The first-order valence-corrected chi connectivity index (χ1v) is 7.28. The fraction of sp³-hybridized carbons (Fsp3) is 1.00. The van der Waals surface area contributed by atoms with E-state index in [2.05, 4.69) is 21.1 Å². The molecule has 4 nitrogen and oxygen atoms in total. The van der Waals surface area contributed by atoms with Gasteiger partial charge >= 0.3 is 8.80 Å². The molecule has 0 saturated carbocycles.